The van der Waals surface area contributed by atoms with E-state index in [1.165, 1.54) is 7.11 Å². The van der Waals surface area contributed by atoms with E-state index in [1.807, 2.05) is 54.6 Å². The SMILES string of the molecule is COC(=O)[C@H](CCCCN)NC(=O)Cc1c(-c2ccc(C(=N)N)cc2)[nH]c2cc(C(=N)N)ccc12.N=C(N)c1ccc(-c2[nH]c3cc(C(=N)N)ccc3c2CC(=O)NCC(=O)N[C@@H](CCC(=O)OCc2ccccc2)C(=O)OCc2ccccc2)cc1. The van der Waals surface area contributed by atoms with E-state index in [1.54, 1.807) is 91.0 Å². The van der Waals surface area contributed by atoms with Gasteiger partial charge in [-0.3, -0.25) is 40.8 Å². The summed E-state index contributed by atoms with van der Waals surface area (Å²) in [5.41, 5.74) is 37.4. The van der Waals surface area contributed by atoms with Gasteiger partial charge < -0.3 is 68.8 Å². The lowest BCUT2D eigenvalue weighted by Gasteiger charge is -2.18. The number of esters is 3. The maximum atomic E-state index is 13.3. The molecule has 0 saturated carbocycles. The number of amides is 3. The molecule has 6 aromatic carbocycles. The van der Waals surface area contributed by atoms with Crippen LogP contribution in [0.1, 0.15) is 76.6 Å². The number of nitrogens with one attached hydrogen (secondary N) is 9. The van der Waals surface area contributed by atoms with E-state index >= 15 is 0 Å². The standard InChI is InChI=1S/C39H39N7O6.C25H31N7O3/c40-37(41)27-13-11-26(12-14-27)36-30(29-16-15-28(38(42)43)19-32(29)46-36)20-33(47)44-21-34(48)45-31(39(50)52-23-25-9-5-2-6-10-25)17-18-35(49)51-22-24-7-3-1-4-8-24;1-35-25(34)19(4-2-3-11-26)31-21(33)13-18-17-10-9-16(24(29)30)12-20(17)32-22(18)14-5-7-15(8-6-14)23(27)28/h1-16,19,31,46H,17-18,20-23H2,(H3,40,41)(H3,42,43)(H,44,47)(H,45,48);5-10,12,19,32H,2-4,11,13,26H2,1H3,(H3,27,28)(H3,29,30)(H,31,33)/t31-;19-/m00/s1. The summed E-state index contributed by atoms with van der Waals surface area (Å²) >= 11 is 0. The molecule has 8 rings (SSSR count). The van der Waals surface area contributed by atoms with Crippen LogP contribution in [-0.2, 0) is 69.0 Å². The second kappa shape index (κ2) is 30.6. The maximum absolute atomic E-state index is 13.3. The number of aromatic amines is 2. The molecule has 23 heteroatoms. The average molecular weight is 1180 g/mol. The molecule has 8 aromatic rings. The Kier molecular flexibility index (Phi) is 22.4. The van der Waals surface area contributed by atoms with Crippen LogP contribution in [0.4, 0.5) is 0 Å². The Labute approximate surface area is 501 Å². The van der Waals surface area contributed by atoms with Gasteiger partial charge in [0.1, 0.15) is 48.6 Å². The molecule has 23 nitrogen and oxygen atoms in total. The number of amidine groups is 4. The first kappa shape index (κ1) is 63.6. The van der Waals surface area contributed by atoms with Crippen LogP contribution < -0.4 is 44.6 Å². The molecule has 0 aliphatic rings. The largest absolute Gasteiger partial charge is 0.467 e. The number of methoxy groups -OCH3 is 1. The number of hydrogen-bond donors (Lipinski definition) is 14. The highest BCUT2D eigenvalue weighted by Crippen LogP contribution is 2.33. The number of hydrogen-bond acceptors (Lipinski definition) is 14. The number of nitrogen functional groups attached to an aromatic ring is 4. The Morgan fingerprint density at radius 1 is 0.506 bits per heavy atom. The van der Waals surface area contributed by atoms with Gasteiger partial charge in [0.25, 0.3) is 0 Å². The molecule has 0 spiro atoms. The highest BCUT2D eigenvalue weighted by Gasteiger charge is 2.26. The van der Waals surface area contributed by atoms with Gasteiger partial charge in [0, 0.05) is 50.5 Å². The third-order valence-electron chi connectivity index (χ3n) is 14.0. The quantitative estimate of drug-likeness (QED) is 0.00988. The molecule has 87 heavy (non-hydrogen) atoms. The monoisotopic (exact) mass is 1180 g/mol. The lowest BCUT2D eigenvalue weighted by molar-refractivity contribution is -0.150. The fourth-order valence-corrected chi connectivity index (χ4v) is 9.43. The number of aromatic nitrogens is 2. The van der Waals surface area contributed by atoms with Crippen LogP contribution in [0, 0.1) is 21.6 Å². The van der Waals surface area contributed by atoms with Crippen molar-refractivity contribution in [1.29, 1.82) is 21.6 Å². The van der Waals surface area contributed by atoms with Crippen molar-refractivity contribution in [1.82, 2.24) is 25.9 Å². The molecular weight excluding hydrogens is 1110 g/mol. The summed E-state index contributed by atoms with van der Waals surface area (Å²) in [4.78, 5) is 83.9. The summed E-state index contributed by atoms with van der Waals surface area (Å²) in [6.07, 6.45) is 1.51. The topological polar surface area (TPSA) is 423 Å². The van der Waals surface area contributed by atoms with Crippen LogP contribution in [0.25, 0.3) is 44.3 Å². The zero-order valence-corrected chi connectivity index (χ0v) is 47.9. The zero-order valence-electron chi connectivity index (χ0n) is 47.9. The van der Waals surface area contributed by atoms with E-state index in [9.17, 15) is 28.8 Å². The summed E-state index contributed by atoms with van der Waals surface area (Å²) < 4.78 is 15.6. The lowest BCUT2D eigenvalue weighted by Crippen LogP contribution is -2.46. The molecule has 2 aromatic heterocycles. The molecule has 450 valence electrons. The number of carbonyl (C=O) groups is 6. The second-order valence-electron chi connectivity index (χ2n) is 20.2. The van der Waals surface area contributed by atoms with Gasteiger partial charge in [-0.1, -0.05) is 133 Å². The van der Waals surface area contributed by atoms with E-state index < -0.39 is 48.4 Å². The van der Waals surface area contributed by atoms with Crippen LogP contribution in [-0.4, -0.2) is 101 Å². The molecule has 2 heterocycles. The van der Waals surface area contributed by atoms with E-state index in [0.717, 1.165) is 50.5 Å². The predicted octanol–water partition coefficient (Wildman–Crippen LogP) is 5.55. The molecular formula is C64H70N14O9. The first-order chi connectivity index (χ1) is 41.8. The Balaban J connectivity index is 0.000000269. The summed E-state index contributed by atoms with van der Waals surface area (Å²) in [6.45, 7) is 0.102. The van der Waals surface area contributed by atoms with Crippen molar-refractivity contribution >= 4 is 80.8 Å². The molecule has 0 unspecified atom stereocenters. The van der Waals surface area contributed by atoms with Crippen LogP contribution in [0.3, 0.4) is 0 Å². The Hall–Kier alpha value is -10.9. The number of rotatable bonds is 27. The zero-order chi connectivity index (χ0) is 62.6. The Bertz CT molecular complexity index is 3810. The average Bonchev–Trinajstić information content (AvgIpc) is 2.17. The molecule has 0 saturated heterocycles. The minimum atomic E-state index is -1.17. The van der Waals surface area contributed by atoms with Crippen molar-refractivity contribution in [3.8, 4) is 22.5 Å². The van der Waals surface area contributed by atoms with Crippen molar-refractivity contribution in [2.75, 3.05) is 20.2 Å². The smallest absolute Gasteiger partial charge is 0.328 e. The molecule has 0 fully saturated rings. The number of unbranched alkanes of at least 4 members (excludes halogenated alkanes) is 1. The van der Waals surface area contributed by atoms with Gasteiger partial charge in [0.15, 0.2) is 0 Å². The minimum Gasteiger partial charge on any atom is -0.467 e. The van der Waals surface area contributed by atoms with Crippen molar-refractivity contribution in [2.24, 2.45) is 28.7 Å². The first-order valence-electron chi connectivity index (χ1n) is 27.7. The Morgan fingerprint density at radius 3 is 1.40 bits per heavy atom. The summed E-state index contributed by atoms with van der Waals surface area (Å²) in [7, 11) is 1.29. The summed E-state index contributed by atoms with van der Waals surface area (Å²) in [5, 5.41) is 40.4. The molecule has 0 aliphatic heterocycles. The fraction of sp³-hybridized carbons (Fsp3) is 0.219. The fourth-order valence-electron chi connectivity index (χ4n) is 9.43. The van der Waals surface area contributed by atoms with Gasteiger partial charge in [0.05, 0.1) is 37.9 Å². The molecule has 3 amide bonds. The number of carbonyl (C=O) groups excluding carboxylic acids is 6. The lowest BCUT2D eigenvalue weighted by atomic mass is 10.00. The summed E-state index contributed by atoms with van der Waals surface area (Å²) in [5.74, 6) is -3.53. The normalized spacial score (nSPS) is 11.5. The van der Waals surface area contributed by atoms with E-state index in [4.69, 9.17) is 64.5 Å². The highest BCUT2D eigenvalue weighted by molar-refractivity contribution is 6.04. The second-order valence-corrected chi connectivity index (χ2v) is 20.2. The van der Waals surface area contributed by atoms with Crippen molar-refractivity contribution in [3.05, 3.63) is 190 Å². The summed E-state index contributed by atoms with van der Waals surface area (Å²) in [6, 6.07) is 40.8. The van der Waals surface area contributed by atoms with Crippen molar-refractivity contribution in [3.63, 3.8) is 0 Å². The first-order valence-corrected chi connectivity index (χ1v) is 27.7. The number of benzene rings is 6. The van der Waals surface area contributed by atoms with Gasteiger partial charge in [-0.25, -0.2) is 9.59 Å². The Morgan fingerprint density at radius 2 is 0.943 bits per heavy atom. The third kappa shape index (κ3) is 17.8. The maximum Gasteiger partial charge on any atom is 0.328 e. The molecule has 0 bridgehead atoms. The van der Waals surface area contributed by atoms with Crippen molar-refractivity contribution in [2.45, 2.75) is 70.2 Å². The molecule has 0 aliphatic carbocycles. The van der Waals surface area contributed by atoms with Crippen LogP contribution in [0.15, 0.2) is 146 Å². The number of fused-ring (bicyclic) bond motifs is 2. The number of H-pyrrole nitrogens is 2. The van der Waals surface area contributed by atoms with Gasteiger partial charge in [-0.15, -0.1) is 0 Å². The molecule has 2 atom stereocenters. The van der Waals surface area contributed by atoms with Gasteiger partial charge in [0.2, 0.25) is 17.7 Å². The van der Waals surface area contributed by atoms with E-state index in [0.29, 0.717) is 64.1 Å². The third-order valence-corrected chi connectivity index (χ3v) is 14.0. The van der Waals surface area contributed by atoms with Crippen molar-refractivity contribution < 1.29 is 43.0 Å². The highest BCUT2D eigenvalue weighted by atomic mass is 16.5. The van der Waals surface area contributed by atoms with Gasteiger partial charge in [-0.05, 0) is 77.7 Å². The minimum absolute atomic E-state index is 0.00753. The van der Waals surface area contributed by atoms with E-state index in [-0.39, 0.29) is 68.1 Å². The van der Waals surface area contributed by atoms with E-state index in [2.05, 4.69) is 25.9 Å². The van der Waals surface area contributed by atoms with Gasteiger partial charge in [-0.2, -0.15) is 0 Å². The number of ether oxygens (including phenoxy) is 3. The predicted molar refractivity (Wildman–Crippen MR) is 332 cm³/mol. The van der Waals surface area contributed by atoms with Crippen LogP contribution >= 0.6 is 0 Å². The van der Waals surface area contributed by atoms with Crippen LogP contribution in [0.5, 0.6) is 0 Å². The van der Waals surface area contributed by atoms with Crippen LogP contribution in [0.2, 0.25) is 0 Å². The molecule has 0 radical (unpaired) electrons. The molecule has 19 N–H and O–H groups in total. The number of nitrogens with two attached hydrogens (primary N) is 5. The van der Waals surface area contributed by atoms with Gasteiger partial charge >= 0.3 is 17.9 Å².